The summed E-state index contributed by atoms with van der Waals surface area (Å²) in [6.07, 6.45) is 4.32. The predicted molar refractivity (Wildman–Crippen MR) is 99.7 cm³/mol. The zero-order valence-electron chi connectivity index (χ0n) is 16.0. The average Bonchev–Trinajstić information content (AvgIpc) is 2.85. The maximum absolute atomic E-state index is 12.9. The summed E-state index contributed by atoms with van der Waals surface area (Å²) in [6, 6.07) is 6.01. The van der Waals surface area contributed by atoms with Crippen LogP contribution in [0.15, 0.2) is 24.3 Å². The monoisotopic (exact) mass is 356 g/mol. The molecule has 1 N–H and O–H groups in total. The molecule has 1 aliphatic heterocycles. The van der Waals surface area contributed by atoms with Gasteiger partial charge < -0.3 is 5.32 Å². The molecular weight excluding hydrogens is 328 g/mol. The number of nitrogens with one attached hydrogen (secondary N) is 1. The second kappa shape index (κ2) is 6.86. The number of hydrogen-bond donors (Lipinski definition) is 1. The van der Waals surface area contributed by atoms with Crippen LogP contribution in [0, 0.1) is 11.3 Å². The highest BCUT2D eigenvalue weighted by atomic mass is 16.2. The van der Waals surface area contributed by atoms with Gasteiger partial charge in [-0.3, -0.25) is 19.3 Å². The smallest absolute Gasteiger partial charge is 0.262 e. The van der Waals surface area contributed by atoms with E-state index in [2.05, 4.69) is 26.1 Å². The minimum atomic E-state index is -0.815. The van der Waals surface area contributed by atoms with Crippen molar-refractivity contribution in [1.82, 2.24) is 10.2 Å². The van der Waals surface area contributed by atoms with E-state index in [-0.39, 0.29) is 29.2 Å². The fourth-order valence-electron chi connectivity index (χ4n) is 4.32. The zero-order valence-corrected chi connectivity index (χ0v) is 16.0. The van der Waals surface area contributed by atoms with Gasteiger partial charge in [-0.2, -0.15) is 0 Å². The fraction of sp³-hybridized carbons (Fsp3) is 0.571. The van der Waals surface area contributed by atoms with Crippen molar-refractivity contribution in [2.45, 2.75) is 65.5 Å². The fourth-order valence-corrected chi connectivity index (χ4v) is 4.32. The van der Waals surface area contributed by atoms with Crippen LogP contribution in [-0.4, -0.2) is 34.7 Å². The highest BCUT2D eigenvalue weighted by Gasteiger charge is 2.42. The Labute approximate surface area is 155 Å². The molecule has 1 aromatic carbocycles. The van der Waals surface area contributed by atoms with Crippen LogP contribution in [0.2, 0.25) is 0 Å². The number of carbonyl (C=O) groups excluding carboxylic acids is 3. The average molecular weight is 356 g/mol. The number of benzene rings is 1. The molecule has 1 aromatic rings. The summed E-state index contributed by atoms with van der Waals surface area (Å²) in [7, 11) is 0. The lowest BCUT2D eigenvalue weighted by Crippen LogP contribution is -2.53. The summed E-state index contributed by atoms with van der Waals surface area (Å²) in [5, 5.41) is 3.13. The summed E-state index contributed by atoms with van der Waals surface area (Å²) in [4.78, 5) is 39.1. The Morgan fingerprint density at radius 3 is 2.15 bits per heavy atom. The summed E-state index contributed by atoms with van der Waals surface area (Å²) in [6.45, 7) is 8.24. The van der Waals surface area contributed by atoms with E-state index in [4.69, 9.17) is 0 Å². The van der Waals surface area contributed by atoms with Crippen LogP contribution >= 0.6 is 0 Å². The van der Waals surface area contributed by atoms with Gasteiger partial charge in [0.1, 0.15) is 6.04 Å². The summed E-state index contributed by atoms with van der Waals surface area (Å²) in [5.74, 6) is -0.622. The third-order valence-electron chi connectivity index (χ3n) is 5.80. The molecule has 0 radical (unpaired) electrons. The predicted octanol–water partition coefficient (Wildman–Crippen LogP) is 3.39. The standard InChI is InChI=1S/C21H28N2O3/c1-13(23-19(25)14-9-5-6-10-15(14)20(23)26)18(24)22-17-12-8-7-11-16(17)21(2,3)4/h5-6,9-10,13,16-17H,7-8,11-12H2,1-4H3,(H,22,24). The topological polar surface area (TPSA) is 66.5 Å². The Hall–Kier alpha value is -2.17. The molecule has 140 valence electrons. The molecule has 1 aliphatic carbocycles. The van der Waals surface area contributed by atoms with E-state index in [1.807, 2.05) is 0 Å². The highest BCUT2D eigenvalue weighted by molar-refractivity contribution is 6.22. The van der Waals surface area contributed by atoms with Gasteiger partial charge in [0.2, 0.25) is 5.91 Å². The molecule has 1 heterocycles. The van der Waals surface area contributed by atoms with Gasteiger partial charge in [-0.25, -0.2) is 0 Å². The maximum Gasteiger partial charge on any atom is 0.262 e. The van der Waals surface area contributed by atoms with Gasteiger partial charge in [0.25, 0.3) is 11.8 Å². The van der Waals surface area contributed by atoms with Crippen LogP contribution in [0.1, 0.15) is 74.1 Å². The van der Waals surface area contributed by atoms with Crippen molar-refractivity contribution in [3.63, 3.8) is 0 Å². The molecule has 26 heavy (non-hydrogen) atoms. The molecule has 1 fully saturated rings. The molecule has 0 saturated heterocycles. The van der Waals surface area contributed by atoms with Gasteiger partial charge in [0, 0.05) is 6.04 Å². The second-order valence-electron chi connectivity index (χ2n) is 8.57. The van der Waals surface area contributed by atoms with E-state index in [1.54, 1.807) is 31.2 Å². The van der Waals surface area contributed by atoms with Crippen LogP contribution in [0.25, 0.3) is 0 Å². The molecule has 0 bridgehead atoms. The molecule has 3 atom stereocenters. The Bertz CT molecular complexity index is 700. The lowest BCUT2D eigenvalue weighted by molar-refractivity contribution is -0.126. The first-order valence-electron chi connectivity index (χ1n) is 9.49. The lowest BCUT2D eigenvalue weighted by Gasteiger charge is -2.41. The number of amides is 3. The lowest BCUT2D eigenvalue weighted by atomic mass is 9.69. The molecule has 1 saturated carbocycles. The molecule has 2 aliphatic rings. The summed E-state index contributed by atoms with van der Waals surface area (Å²) >= 11 is 0. The SMILES string of the molecule is CC(C(=O)NC1CCCCC1C(C)(C)C)N1C(=O)c2ccccc2C1=O. The van der Waals surface area contributed by atoms with E-state index >= 15 is 0 Å². The first kappa shape index (κ1) is 18.6. The second-order valence-corrected chi connectivity index (χ2v) is 8.57. The molecule has 3 amide bonds. The minimum Gasteiger partial charge on any atom is -0.351 e. The van der Waals surface area contributed by atoms with Crippen molar-refractivity contribution in [1.29, 1.82) is 0 Å². The van der Waals surface area contributed by atoms with E-state index in [1.165, 1.54) is 6.42 Å². The van der Waals surface area contributed by atoms with Gasteiger partial charge in [0.15, 0.2) is 0 Å². The summed E-state index contributed by atoms with van der Waals surface area (Å²) in [5.41, 5.74) is 0.863. The van der Waals surface area contributed by atoms with Crippen molar-refractivity contribution >= 4 is 17.7 Å². The van der Waals surface area contributed by atoms with Crippen molar-refractivity contribution in [3.8, 4) is 0 Å². The molecule has 3 rings (SSSR count). The molecule has 3 unspecified atom stereocenters. The number of nitrogens with zero attached hydrogens (tertiary/aromatic N) is 1. The van der Waals surface area contributed by atoms with Crippen LogP contribution < -0.4 is 5.32 Å². The van der Waals surface area contributed by atoms with Crippen molar-refractivity contribution < 1.29 is 14.4 Å². The molecular formula is C21H28N2O3. The van der Waals surface area contributed by atoms with Crippen LogP contribution in [0.3, 0.4) is 0 Å². The van der Waals surface area contributed by atoms with Crippen molar-refractivity contribution in [2.75, 3.05) is 0 Å². The van der Waals surface area contributed by atoms with Crippen LogP contribution in [-0.2, 0) is 4.79 Å². The van der Waals surface area contributed by atoms with Gasteiger partial charge in [0.05, 0.1) is 11.1 Å². The van der Waals surface area contributed by atoms with Crippen LogP contribution in [0.4, 0.5) is 0 Å². The first-order chi connectivity index (χ1) is 12.2. The third-order valence-corrected chi connectivity index (χ3v) is 5.80. The Morgan fingerprint density at radius 2 is 1.62 bits per heavy atom. The number of carbonyl (C=O) groups is 3. The van der Waals surface area contributed by atoms with E-state index in [9.17, 15) is 14.4 Å². The Kier molecular flexibility index (Phi) is 4.91. The quantitative estimate of drug-likeness (QED) is 0.844. The van der Waals surface area contributed by atoms with E-state index in [0.29, 0.717) is 17.0 Å². The van der Waals surface area contributed by atoms with E-state index in [0.717, 1.165) is 24.2 Å². The van der Waals surface area contributed by atoms with Gasteiger partial charge >= 0.3 is 0 Å². The number of hydrogen-bond acceptors (Lipinski definition) is 3. The van der Waals surface area contributed by atoms with Crippen LogP contribution in [0.5, 0.6) is 0 Å². The molecule has 5 nitrogen and oxygen atoms in total. The summed E-state index contributed by atoms with van der Waals surface area (Å²) < 4.78 is 0. The largest absolute Gasteiger partial charge is 0.351 e. The Balaban J connectivity index is 1.74. The Morgan fingerprint density at radius 1 is 1.08 bits per heavy atom. The zero-order chi connectivity index (χ0) is 19.1. The minimum absolute atomic E-state index is 0.0916. The number of rotatable bonds is 3. The third kappa shape index (κ3) is 3.27. The number of imide groups is 1. The van der Waals surface area contributed by atoms with Gasteiger partial charge in [-0.15, -0.1) is 0 Å². The van der Waals surface area contributed by atoms with Crippen molar-refractivity contribution in [2.24, 2.45) is 11.3 Å². The molecule has 0 spiro atoms. The maximum atomic E-state index is 12.9. The molecule has 5 heteroatoms. The van der Waals surface area contributed by atoms with E-state index < -0.39 is 6.04 Å². The van der Waals surface area contributed by atoms with Gasteiger partial charge in [-0.1, -0.05) is 45.7 Å². The normalized spacial score (nSPS) is 24.4. The first-order valence-corrected chi connectivity index (χ1v) is 9.49. The van der Waals surface area contributed by atoms with Gasteiger partial charge in [-0.05, 0) is 43.2 Å². The molecule has 0 aromatic heterocycles. The van der Waals surface area contributed by atoms with Crippen molar-refractivity contribution in [3.05, 3.63) is 35.4 Å². The number of fused-ring (bicyclic) bond motifs is 1. The highest BCUT2D eigenvalue weighted by Crippen LogP contribution is 2.38.